The van der Waals surface area contributed by atoms with Gasteiger partial charge < -0.3 is 14.9 Å². The predicted molar refractivity (Wildman–Crippen MR) is 76.8 cm³/mol. The summed E-state index contributed by atoms with van der Waals surface area (Å²) in [7, 11) is 0. The summed E-state index contributed by atoms with van der Waals surface area (Å²) in [5.41, 5.74) is 0.833. The summed E-state index contributed by atoms with van der Waals surface area (Å²) in [5, 5.41) is 20.0. The molecule has 2 rings (SSSR count). The van der Waals surface area contributed by atoms with E-state index in [0.29, 0.717) is 5.76 Å². The van der Waals surface area contributed by atoms with E-state index in [0.717, 1.165) is 5.56 Å². The number of thiophene rings is 1. The molecule has 0 aliphatic rings. The fourth-order valence-electron chi connectivity index (χ4n) is 1.60. The molecule has 0 bridgehead atoms. The molecule has 0 saturated carbocycles. The fourth-order valence-corrected chi connectivity index (χ4v) is 2.31. The summed E-state index contributed by atoms with van der Waals surface area (Å²) < 4.78 is 5.16. The van der Waals surface area contributed by atoms with Crippen molar-refractivity contribution in [1.82, 2.24) is 10.5 Å². The second-order valence-electron chi connectivity index (χ2n) is 5.61. The van der Waals surface area contributed by atoms with Crippen LogP contribution in [0.2, 0.25) is 0 Å². The summed E-state index contributed by atoms with van der Waals surface area (Å²) in [6.45, 7) is 6.09. The Bertz CT molecular complexity index is 570. The quantitative estimate of drug-likeness (QED) is 0.908. The molecule has 0 aromatic carbocycles. The van der Waals surface area contributed by atoms with Crippen LogP contribution in [0.3, 0.4) is 0 Å². The number of hydrogen-bond acceptors (Lipinski definition) is 5. The summed E-state index contributed by atoms with van der Waals surface area (Å²) in [6.07, 6.45) is -0.709. The van der Waals surface area contributed by atoms with Gasteiger partial charge in [-0.15, -0.1) is 0 Å². The van der Waals surface area contributed by atoms with E-state index in [-0.39, 0.29) is 23.6 Å². The molecule has 0 fully saturated rings. The maximum Gasteiger partial charge on any atom is 0.273 e. The Morgan fingerprint density at radius 2 is 2.30 bits per heavy atom. The number of amides is 1. The molecule has 1 atom stereocenters. The van der Waals surface area contributed by atoms with Crippen molar-refractivity contribution < 1.29 is 14.4 Å². The van der Waals surface area contributed by atoms with Crippen LogP contribution in [-0.2, 0) is 5.41 Å². The van der Waals surface area contributed by atoms with E-state index in [1.54, 1.807) is 6.07 Å². The second kappa shape index (κ2) is 5.76. The molecule has 2 aromatic rings. The van der Waals surface area contributed by atoms with Gasteiger partial charge in [0.15, 0.2) is 5.69 Å². The van der Waals surface area contributed by atoms with Gasteiger partial charge in [0, 0.05) is 18.0 Å². The third-order valence-electron chi connectivity index (χ3n) is 2.87. The highest BCUT2D eigenvalue weighted by molar-refractivity contribution is 7.07. The van der Waals surface area contributed by atoms with Crippen molar-refractivity contribution in [3.63, 3.8) is 0 Å². The number of rotatable bonds is 4. The molecule has 0 saturated heterocycles. The van der Waals surface area contributed by atoms with Crippen molar-refractivity contribution in [2.24, 2.45) is 0 Å². The van der Waals surface area contributed by atoms with Gasteiger partial charge in [-0.25, -0.2) is 0 Å². The molecule has 6 heteroatoms. The zero-order valence-corrected chi connectivity index (χ0v) is 12.5. The Hall–Kier alpha value is -1.66. The van der Waals surface area contributed by atoms with Gasteiger partial charge in [0.25, 0.3) is 5.91 Å². The third-order valence-corrected chi connectivity index (χ3v) is 3.57. The molecule has 2 heterocycles. The smallest absolute Gasteiger partial charge is 0.273 e. The zero-order chi connectivity index (χ0) is 14.8. The third kappa shape index (κ3) is 3.46. The minimum Gasteiger partial charge on any atom is -0.387 e. The predicted octanol–water partition coefficient (Wildman–Crippen LogP) is 2.50. The minimum atomic E-state index is -0.709. The molecule has 108 valence electrons. The highest BCUT2D eigenvalue weighted by Gasteiger charge is 2.22. The number of carbonyl (C=O) groups excluding carboxylic acids is 1. The van der Waals surface area contributed by atoms with E-state index in [4.69, 9.17) is 4.52 Å². The van der Waals surface area contributed by atoms with Gasteiger partial charge in [-0.3, -0.25) is 4.79 Å². The first-order valence-corrected chi connectivity index (χ1v) is 7.28. The van der Waals surface area contributed by atoms with Crippen molar-refractivity contribution in [3.8, 4) is 0 Å². The van der Waals surface area contributed by atoms with Crippen LogP contribution in [0.15, 0.2) is 27.4 Å². The summed E-state index contributed by atoms with van der Waals surface area (Å²) in [4.78, 5) is 11.9. The Morgan fingerprint density at radius 3 is 2.85 bits per heavy atom. The molecule has 0 aliphatic heterocycles. The average Bonchev–Trinajstić information content (AvgIpc) is 3.04. The van der Waals surface area contributed by atoms with Gasteiger partial charge in [-0.05, 0) is 22.4 Å². The highest BCUT2D eigenvalue weighted by Crippen LogP contribution is 2.22. The fraction of sp³-hybridized carbons (Fsp3) is 0.429. The number of carbonyl (C=O) groups is 1. The van der Waals surface area contributed by atoms with Crippen molar-refractivity contribution in [2.45, 2.75) is 32.3 Å². The summed E-state index contributed by atoms with van der Waals surface area (Å²) in [6, 6.07) is 3.46. The van der Waals surface area contributed by atoms with Crippen LogP contribution >= 0.6 is 11.3 Å². The first-order chi connectivity index (χ1) is 9.38. The lowest BCUT2D eigenvalue weighted by molar-refractivity contribution is 0.0907. The van der Waals surface area contributed by atoms with Crippen LogP contribution < -0.4 is 5.32 Å². The van der Waals surface area contributed by atoms with Crippen LogP contribution in [0.25, 0.3) is 0 Å². The largest absolute Gasteiger partial charge is 0.387 e. The molecular weight excluding hydrogens is 276 g/mol. The zero-order valence-electron chi connectivity index (χ0n) is 11.7. The topological polar surface area (TPSA) is 75.4 Å². The first-order valence-electron chi connectivity index (χ1n) is 6.33. The summed E-state index contributed by atoms with van der Waals surface area (Å²) in [5.74, 6) is 0.305. The maximum atomic E-state index is 11.9. The van der Waals surface area contributed by atoms with Gasteiger partial charge in [-0.2, -0.15) is 11.3 Å². The molecule has 1 unspecified atom stereocenters. The van der Waals surface area contributed by atoms with E-state index in [9.17, 15) is 9.90 Å². The normalized spacial score (nSPS) is 13.2. The van der Waals surface area contributed by atoms with Crippen molar-refractivity contribution in [3.05, 3.63) is 39.9 Å². The maximum absolute atomic E-state index is 11.9. The molecule has 0 spiro atoms. The van der Waals surface area contributed by atoms with Gasteiger partial charge >= 0.3 is 0 Å². The molecular formula is C14H18N2O3S. The van der Waals surface area contributed by atoms with Crippen molar-refractivity contribution in [2.75, 3.05) is 6.54 Å². The number of aliphatic hydroxyl groups is 1. The van der Waals surface area contributed by atoms with Gasteiger partial charge in [-0.1, -0.05) is 25.9 Å². The molecule has 2 N–H and O–H groups in total. The van der Waals surface area contributed by atoms with E-state index in [1.165, 1.54) is 11.3 Å². The van der Waals surface area contributed by atoms with E-state index < -0.39 is 6.10 Å². The van der Waals surface area contributed by atoms with E-state index in [1.807, 2.05) is 37.6 Å². The minimum absolute atomic E-state index is 0.146. The van der Waals surface area contributed by atoms with Gasteiger partial charge in [0.2, 0.25) is 0 Å². The average molecular weight is 294 g/mol. The van der Waals surface area contributed by atoms with E-state index >= 15 is 0 Å². The number of nitrogens with zero attached hydrogens (tertiary/aromatic N) is 1. The van der Waals surface area contributed by atoms with Crippen LogP contribution in [0.5, 0.6) is 0 Å². The van der Waals surface area contributed by atoms with Crippen LogP contribution in [-0.4, -0.2) is 22.7 Å². The lowest BCUT2D eigenvalue weighted by atomic mass is 9.93. The first kappa shape index (κ1) is 14.7. The molecule has 0 aliphatic carbocycles. The number of aliphatic hydroxyl groups excluding tert-OH is 1. The number of nitrogens with one attached hydrogen (secondary N) is 1. The Balaban J connectivity index is 1.94. The lowest BCUT2D eigenvalue weighted by Crippen LogP contribution is -2.28. The molecule has 2 aromatic heterocycles. The lowest BCUT2D eigenvalue weighted by Gasteiger charge is -2.12. The Morgan fingerprint density at radius 1 is 1.55 bits per heavy atom. The standard InChI is InChI=1S/C14H18N2O3S/c1-14(2,3)12-6-10(16-19-12)13(18)15-7-11(17)9-4-5-20-8-9/h4-6,8,11,17H,7H2,1-3H3,(H,15,18). The Kier molecular flexibility index (Phi) is 4.25. The van der Waals surface area contributed by atoms with Crippen LogP contribution in [0.1, 0.15) is 48.7 Å². The summed E-state index contributed by atoms with van der Waals surface area (Å²) >= 11 is 1.50. The number of aromatic nitrogens is 1. The molecule has 20 heavy (non-hydrogen) atoms. The van der Waals surface area contributed by atoms with Crippen molar-refractivity contribution >= 4 is 17.2 Å². The van der Waals surface area contributed by atoms with Gasteiger partial charge in [0.05, 0.1) is 6.10 Å². The van der Waals surface area contributed by atoms with E-state index in [2.05, 4.69) is 10.5 Å². The van der Waals surface area contributed by atoms with Crippen LogP contribution in [0, 0.1) is 0 Å². The molecule has 5 nitrogen and oxygen atoms in total. The van der Waals surface area contributed by atoms with Gasteiger partial charge in [0.1, 0.15) is 5.76 Å². The van der Waals surface area contributed by atoms with Crippen molar-refractivity contribution in [1.29, 1.82) is 0 Å². The monoisotopic (exact) mass is 294 g/mol. The molecule has 1 amide bonds. The Labute approximate surface area is 121 Å². The highest BCUT2D eigenvalue weighted by atomic mass is 32.1. The van der Waals surface area contributed by atoms with Crippen LogP contribution in [0.4, 0.5) is 0 Å². The molecule has 0 radical (unpaired) electrons. The number of hydrogen-bond donors (Lipinski definition) is 2. The SMILES string of the molecule is CC(C)(C)c1cc(C(=O)NCC(O)c2ccsc2)no1. The second-order valence-corrected chi connectivity index (χ2v) is 6.39.